The molecule has 0 radical (unpaired) electrons. The Hall–Kier alpha value is -1.93. The van der Waals surface area contributed by atoms with Crippen molar-refractivity contribution in [3.8, 4) is 0 Å². The van der Waals surface area contributed by atoms with Gasteiger partial charge in [-0.15, -0.1) is 12.4 Å². The van der Waals surface area contributed by atoms with Gasteiger partial charge in [0.1, 0.15) is 6.54 Å². The summed E-state index contributed by atoms with van der Waals surface area (Å²) in [6.07, 6.45) is 6.40. The molecule has 0 aromatic carbocycles. The van der Waals surface area contributed by atoms with Crippen LogP contribution >= 0.6 is 12.4 Å². The normalized spacial score (nSPS) is 18.3. The Morgan fingerprint density at radius 3 is 2.72 bits per heavy atom. The minimum atomic E-state index is -0.141. The van der Waals surface area contributed by atoms with Crippen LogP contribution in [0.2, 0.25) is 0 Å². The maximum Gasteiger partial charge on any atom is 0.269 e. The number of hydrogen-bond donors (Lipinski definition) is 1. The van der Waals surface area contributed by atoms with Crippen molar-refractivity contribution >= 4 is 18.1 Å². The summed E-state index contributed by atoms with van der Waals surface area (Å²) in [5, 5.41) is 11.6. The average Bonchev–Trinajstić information content (AvgIpc) is 3.29. The molecule has 1 saturated carbocycles. The second-order valence-corrected chi connectivity index (χ2v) is 6.48. The molecule has 0 bridgehead atoms. The molecule has 136 valence electrons. The van der Waals surface area contributed by atoms with Crippen LogP contribution in [-0.4, -0.2) is 46.1 Å². The Morgan fingerprint density at radius 2 is 2.00 bits per heavy atom. The quantitative estimate of drug-likeness (QED) is 0.868. The maximum absolute atomic E-state index is 12.3. The predicted octanol–water partition coefficient (Wildman–Crippen LogP) is 1.16. The Balaban J connectivity index is 0.00000182. The van der Waals surface area contributed by atoms with Crippen LogP contribution in [0, 0.1) is 0 Å². The minimum Gasteiger partial charge on any atom is -0.368 e. The predicted molar refractivity (Wildman–Crippen MR) is 95.4 cm³/mol. The number of rotatable bonds is 4. The van der Waals surface area contributed by atoms with Crippen LogP contribution in [0.3, 0.4) is 0 Å². The van der Waals surface area contributed by atoms with Crippen molar-refractivity contribution in [2.75, 3.05) is 31.1 Å². The summed E-state index contributed by atoms with van der Waals surface area (Å²) in [6.45, 7) is 3.88. The van der Waals surface area contributed by atoms with E-state index in [9.17, 15) is 4.79 Å². The van der Waals surface area contributed by atoms with Crippen molar-refractivity contribution < 1.29 is 4.52 Å². The van der Waals surface area contributed by atoms with Gasteiger partial charge in [0.15, 0.2) is 5.82 Å². The van der Waals surface area contributed by atoms with Gasteiger partial charge in [0, 0.05) is 38.2 Å². The van der Waals surface area contributed by atoms with E-state index in [1.807, 2.05) is 0 Å². The third kappa shape index (κ3) is 4.01. The number of anilines is 1. The highest BCUT2D eigenvalue weighted by atomic mass is 35.5. The molecule has 2 fully saturated rings. The maximum atomic E-state index is 12.3. The van der Waals surface area contributed by atoms with Gasteiger partial charge in [-0.1, -0.05) is 18.0 Å². The molecule has 3 heterocycles. The number of hydrogen-bond acceptors (Lipinski definition) is 7. The fourth-order valence-electron chi connectivity index (χ4n) is 3.44. The molecular formula is C16H23ClN6O2. The van der Waals surface area contributed by atoms with E-state index in [0.29, 0.717) is 17.6 Å². The van der Waals surface area contributed by atoms with Crippen LogP contribution in [0.25, 0.3) is 0 Å². The molecule has 2 aromatic rings. The van der Waals surface area contributed by atoms with Crippen LogP contribution in [0.1, 0.15) is 43.3 Å². The van der Waals surface area contributed by atoms with Gasteiger partial charge in [0.2, 0.25) is 5.89 Å². The number of piperazine rings is 1. The van der Waals surface area contributed by atoms with E-state index in [1.165, 1.54) is 17.5 Å². The Kier molecular flexibility index (Phi) is 5.70. The molecule has 2 aliphatic rings. The number of halogens is 1. The molecule has 0 amide bonds. The SMILES string of the molecule is Cl.O=c1cc(N2CCNCC2)cnn1Cc1noc(C2CCCC2)n1. The summed E-state index contributed by atoms with van der Waals surface area (Å²) in [5.41, 5.74) is 0.732. The van der Waals surface area contributed by atoms with Crippen molar-refractivity contribution in [3.05, 3.63) is 34.3 Å². The third-order valence-corrected chi connectivity index (χ3v) is 4.82. The van der Waals surface area contributed by atoms with E-state index in [1.54, 1.807) is 12.3 Å². The van der Waals surface area contributed by atoms with Crippen LogP contribution in [0.4, 0.5) is 5.69 Å². The lowest BCUT2D eigenvalue weighted by Gasteiger charge is -2.28. The zero-order valence-electron chi connectivity index (χ0n) is 14.1. The highest BCUT2D eigenvalue weighted by molar-refractivity contribution is 5.85. The summed E-state index contributed by atoms with van der Waals surface area (Å²) in [6, 6.07) is 1.64. The smallest absolute Gasteiger partial charge is 0.269 e. The van der Waals surface area contributed by atoms with Gasteiger partial charge >= 0.3 is 0 Å². The van der Waals surface area contributed by atoms with Crippen molar-refractivity contribution in [1.29, 1.82) is 0 Å². The number of aromatic nitrogens is 4. The molecule has 0 unspecified atom stereocenters. The summed E-state index contributed by atoms with van der Waals surface area (Å²) in [5.74, 6) is 1.60. The molecule has 9 heteroatoms. The second-order valence-electron chi connectivity index (χ2n) is 6.48. The van der Waals surface area contributed by atoms with Gasteiger partial charge in [-0.3, -0.25) is 4.79 Å². The minimum absolute atomic E-state index is 0. The fraction of sp³-hybridized carbons (Fsp3) is 0.625. The van der Waals surface area contributed by atoms with E-state index >= 15 is 0 Å². The lowest BCUT2D eigenvalue weighted by molar-refractivity contribution is 0.348. The summed E-state index contributed by atoms with van der Waals surface area (Å²) in [7, 11) is 0. The Bertz CT molecular complexity index is 749. The molecule has 1 aliphatic heterocycles. The molecule has 2 aromatic heterocycles. The van der Waals surface area contributed by atoms with E-state index in [0.717, 1.165) is 44.7 Å². The lowest BCUT2D eigenvalue weighted by atomic mass is 10.1. The van der Waals surface area contributed by atoms with Crippen molar-refractivity contribution in [2.45, 2.75) is 38.1 Å². The van der Waals surface area contributed by atoms with E-state index in [2.05, 4.69) is 25.5 Å². The van der Waals surface area contributed by atoms with Crippen LogP contribution in [0.5, 0.6) is 0 Å². The third-order valence-electron chi connectivity index (χ3n) is 4.82. The second kappa shape index (κ2) is 7.97. The summed E-state index contributed by atoms with van der Waals surface area (Å²) < 4.78 is 6.74. The molecule has 25 heavy (non-hydrogen) atoms. The zero-order valence-corrected chi connectivity index (χ0v) is 14.9. The Morgan fingerprint density at radius 1 is 1.24 bits per heavy atom. The molecule has 4 rings (SSSR count). The van der Waals surface area contributed by atoms with Gasteiger partial charge in [-0.2, -0.15) is 10.1 Å². The molecular weight excluding hydrogens is 344 g/mol. The largest absolute Gasteiger partial charge is 0.368 e. The molecule has 1 N–H and O–H groups in total. The monoisotopic (exact) mass is 366 g/mol. The lowest BCUT2D eigenvalue weighted by Crippen LogP contribution is -2.44. The van der Waals surface area contributed by atoms with Gasteiger partial charge in [-0.05, 0) is 12.8 Å². The first-order valence-electron chi connectivity index (χ1n) is 8.65. The summed E-state index contributed by atoms with van der Waals surface area (Å²) >= 11 is 0. The van der Waals surface area contributed by atoms with Crippen LogP contribution < -0.4 is 15.8 Å². The van der Waals surface area contributed by atoms with E-state index < -0.39 is 0 Å². The van der Waals surface area contributed by atoms with Gasteiger partial charge < -0.3 is 14.7 Å². The molecule has 1 aliphatic carbocycles. The van der Waals surface area contributed by atoms with Crippen molar-refractivity contribution in [1.82, 2.24) is 25.2 Å². The first kappa shape index (κ1) is 17.9. The highest BCUT2D eigenvalue weighted by Gasteiger charge is 2.23. The van der Waals surface area contributed by atoms with Crippen LogP contribution in [0.15, 0.2) is 21.6 Å². The standard InChI is InChI=1S/C16H22N6O2.ClH/c23-15-9-13(21-7-5-17-6-8-21)10-18-22(15)11-14-19-16(24-20-14)12-3-1-2-4-12;/h9-10,12,17H,1-8,11H2;1H. The first-order chi connectivity index (χ1) is 11.8. The molecule has 0 atom stereocenters. The summed E-state index contributed by atoms with van der Waals surface area (Å²) in [4.78, 5) is 18.9. The fourth-order valence-corrected chi connectivity index (χ4v) is 3.44. The first-order valence-corrected chi connectivity index (χ1v) is 8.65. The topological polar surface area (TPSA) is 89.1 Å². The Labute approximate surface area is 152 Å². The molecule has 8 nitrogen and oxygen atoms in total. The van der Waals surface area contributed by atoms with E-state index in [4.69, 9.17) is 4.52 Å². The van der Waals surface area contributed by atoms with Gasteiger partial charge in [0.25, 0.3) is 5.56 Å². The number of nitrogens with zero attached hydrogens (tertiary/aromatic N) is 5. The highest BCUT2D eigenvalue weighted by Crippen LogP contribution is 2.32. The zero-order chi connectivity index (χ0) is 16.4. The van der Waals surface area contributed by atoms with Crippen LogP contribution in [-0.2, 0) is 6.54 Å². The van der Waals surface area contributed by atoms with Crippen molar-refractivity contribution in [3.63, 3.8) is 0 Å². The van der Waals surface area contributed by atoms with Gasteiger partial charge in [0.05, 0.1) is 11.9 Å². The van der Waals surface area contributed by atoms with E-state index in [-0.39, 0.29) is 24.5 Å². The molecule has 0 spiro atoms. The molecule has 1 saturated heterocycles. The average molecular weight is 367 g/mol. The van der Waals surface area contributed by atoms with Crippen molar-refractivity contribution in [2.24, 2.45) is 0 Å². The number of nitrogens with one attached hydrogen (secondary N) is 1. The van der Waals surface area contributed by atoms with Gasteiger partial charge in [-0.25, -0.2) is 4.68 Å².